The number of imidazole rings is 1. The number of pyridine rings is 2. The van der Waals surface area contributed by atoms with Gasteiger partial charge in [0.1, 0.15) is 28.5 Å². The summed E-state index contributed by atoms with van der Waals surface area (Å²) in [7, 11) is 1.45. The predicted octanol–water partition coefficient (Wildman–Crippen LogP) is 3.57. The minimum absolute atomic E-state index is 0.00333. The summed E-state index contributed by atoms with van der Waals surface area (Å²) in [5.74, 6) is -0.0586. The topological polar surface area (TPSA) is 143 Å². The van der Waals surface area contributed by atoms with Gasteiger partial charge in [0.05, 0.1) is 24.1 Å². The van der Waals surface area contributed by atoms with Gasteiger partial charge in [-0.1, -0.05) is 22.8 Å². The van der Waals surface area contributed by atoms with Gasteiger partial charge < -0.3 is 14.4 Å². The molecule has 1 atom stereocenters. The number of hydrogen-bond acceptors (Lipinski definition) is 8. The van der Waals surface area contributed by atoms with Gasteiger partial charge in [-0.15, -0.1) is 0 Å². The van der Waals surface area contributed by atoms with E-state index in [0.29, 0.717) is 11.5 Å². The molecular formula is C25H20ClF3N8O4. The summed E-state index contributed by atoms with van der Waals surface area (Å²) in [5, 5.41) is 5.73. The molecule has 41 heavy (non-hydrogen) atoms. The van der Waals surface area contributed by atoms with Crippen LogP contribution >= 0.6 is 11.6 Å². The second-order valence-electron chi connectivity index (χ2n) is 9.12. The maximum Gasteiger partial charge on any atom is 0.419 e. The first-order chi connectivity index (χ1) is 19.3. The molecule has 0 radical (unpaired) electrons. The van der Waals surface area contributed by atoms with Crippen LogP contribution in [-0.2, 0) is 24.6 Å². The Morgan fingerprint density at radius 1 is 1.20 bits per heavy atom. The Balaban J connectivity index is 1.45. The first-order valence-corrected chi connectivity index (χ1v) is 12.3. The number of alkyl halides is 3. The van der Waals surface area contributed by atoms with Crippen LogP contribution in [0.25, 0.3) is 22.4 Å². The van der Waals surface area contributed by atoms with Crippen LogP contribution in [0.2, 0.25) is 5.15 Å². The standard InChI is InChI=1S/C25H20ClF3N8O4/c1-12-7-15(34-41-12)10-36-23(39)19-21(35(3)24(36)40)31-11-37(19)13(2)22(38)33-18-6-4-5-17(32-18)14-8-16(25(27,28)29)20(26)30-9-14/h4-9,11,13H,10H2,1-3H3,(H,32,33,38). The molecule has 1 N–H and O–H groups in total. The molecule has 1 unspecified atom stereocenters. The van der Waals surface area contributed by atoms with Crippen LogP contribution in [0.4, 0.5) is 19.0 Å². The molecule has 16 heteroatoms. The van der Waals surface area contributed by atoms with E-state index < -0.39 is 40.1 Å². The molecule has 12 nitrogen and oxygen atoms in total. The molecule has 0 saturated heterocycles. The Labute approximate surface area is 233 Å². The molecular weight excluding hydrogens is 569 g/mol. The zero-order chi connectivity index (χ0) is 29.6. The molecule has 5 aromatic rings. The van der Waals surface area contributed by atoms with Gasteiger partial charge >= 0.3 is 11.9 Å². The molecule has 0 fully saturated rings. The van der Waals surface area contributed by atoms with Crippen LogP contribution in [0.3, 0.4) is 0 Å². The van der Waals surface area contributed by atoms with Crippen molar-refractivity contribution in [1.29, 1.82) is 0 Å². The number of carbonyl (C=O) groups is 1. The number of aryl methyl sites for hydroxylation is 2. The lowest BCUT2D eigenvalue weighted by Crippen LogP contribution is -2.40. The molecule has 0 aliphatic rings. The van der Waals surface area contributed by atoms with Gasteiger partial charge in [0, 0.05) is 24.9 Å². The molecule has 0 aliphatic heterocycles. The number of anilines is 1. The number of hydrogen-bond donors (Lipinski definition) is 1. The van der Waals surface area contributed by atoms with Gasteiger partial charge in [-0.3, -0.25) is 18.7 Å². The number of aromatic nitrogens is 7. The van der Waals surface area contributed by atoms with Gasteiger partial charge in [-0.25, -0.2) is 19.7 Å². The van der Waals surface area contributed by atoms with E-state index in [-0.39, 0.29) is 34.8 Å². The van der Waals surface area contributed by atoms with Gasteiger partial charge in [-0.2, -0.15) is 13.2 Å². The monoisotopic (exact) mass is 588 g/mol. The fraction of sp³-hybridized carbons (Fsp3) is 0.240. The second-order valence-corrected chi connectivity index (χ2v) is 9.48. The molecule has 0 bridgehead atoms. The Morgan fingerprint density at radius 2 is 1.95 bits per heavy atom. The number of amides is 1. The summed E-state index contributed by atoms with van der Waals surface area (Å²) in [6, 6.07) is 5.80. The Bertz CT molecular complexity index is 1920. The van der Waals surface area contributed by atoms with Crippen molar-refractivity contribution in [3.63, 3.8) is 0 Å². The molecule has 0 saturated carbocycles. The third kappa shape index (κ3) is 5.23. The minimum atomic E-state index is -4.72. The van der Waals surface area contributed by atoms with Gasteiger partial charge in [0.25, 0.3) is 5.56 Å². The third-order valence-corrected chi connectivity index (χ3v) is 6.59. The van der Waals surface area contributed by atoms with Crippen LogP contribution in [0, 0.1) is 6.92 Å². The van der Waals surface area contributed by atoms with Crippen molar-refractivity contribution in [1.82, 2.24) is 33.8 Å². The highest BCUT2D eigenvalue weighted by molar-refractivity contribution is 6.30. The van der Waals surface area contributed by atoms with Gasteiger partial charge in [0.2, 0.25) is 5.91 Å². The predicted molar refractivity (Wildman–Crippen MR) is 140 cm³/mol. The van der Waals surface area contributed by atoms with E-state index in [9.17, 15) is 27.6 Å². The highest BCUT2D eigenvalue weighted by Crippen LogP contribution is 2.35. The number of fused-ring (bicyclic) bond motifs is 1. The fourth-order valence-corrected chi connectivity index (χ4v) is 4.40. The summed E-state index contributed by atoms with van der Waals surface area (Å²) in [5.41, 5.74) is -1.84. The average Bonchev–Trinajstić information content (AvgIpc) is 3.55. The summed E-state index contributed by atoms with van der Waals surface area (Å²) < 4.78 is 48.3. The van der Waals surface area contributed by atoms with E-state index in [2.05, 4.69) is 25.4 Å². The van der Waals surface area contributed by atoms with Gasteiger partial charge in [0.15, 0.2) is 11.2 Å². The number of nitrogens with zero attached hydrogens (tertiary/aromatic N) is 7. The van der Waals surface area contributed by atoms with E-state index >= 15 is 0 Å². The first kappa shape index (κ1) is 27.8. The lowest BCUT2D eigenvalue weighted by atomic mass is 10.1. The van der Waals surface area contributed by atoms with E-state index in [4.69, 9.17) is 16.1 Å². The number of nitrogens with one attached hydrogen (secondary N) is 1. The van der Waals surface area contributed by atoms with E-state index in [1.54, 1.807) is 13.0 Å². The number of carbonyl (C=O) groups excluding carboxylic acids is 1. The first-order valence-electron chi connectivity index (χ1n) is 11.9. The van der Waals surface area contributed by atoms with Crippen LogP contribution < -0.4 is 16.6 Å². The van der Waals surface area contributed by atoms with E-state index in [1.807, 2.05) is 0 Å². The highest BCUT2D eigenvalue weighted by Gasteiger charge is 2.34. The Hall–Kier alpha value is -4.79. The normalized spacial score (nSPS) is 12.6. The second kappa shape index (κ2) is 10.3. The van der Waals surface area contributed by atoms with Crippen LogP contribution in [0.1, 0.15) is 30.0 Å². The summed E-state index contributed by atoms with van der Waals surface area (Å²) in [6.07, 6.45) is -2.31. The number of halogens is 4. The summed E-state index contributed by atoms with van der Waals surface area (Å²) in [4.78, 5) is 51.5. The van der Waals surface area contributed by atoms with Crippen molar-refractivity contribution in [2.45, 2.75) is 32.6 Å². The van der Waals surface area contributed by atoms with Crippen molar-refractivity contribution in [3.8, 4) is 11.3 Å². The molecule has 5 rings (SSSR count). The molecule has 0 spiro atoms. The van der Waals surface area contributed by atoms with Crippen LogP contribution in [0.5, 0.6) is 0 Å². The molecule has 1 amide bonds. The molecule has 5 heterocycles. The smallest absolute Gasteiger partial charge is 0.361 e. The lowest BCUT2D eigenvalue weighted by Gasteiger charge is -2.15. The fourth-order valence-electron chi connectivity index (χ4n) is 4.19. The zero-order valence-electron chi connectivity index (χ0n) is 21.6. The van der Waals surface area contributed by atoms with Crippen molar-refractivity contribution in [3.05, 3.63) is 85.9 Å². The number of rotatable bonds is 6. The maximum absolute atomic E-state index is 13.4. The van der Waals surface area contributed by atoms with Crippen LogP contribution in [-0.4, -0.2) is 39.7 Å². The van der Waals surface area contributed by atoms with Crippen LogP contribution in [0.15, 0.2) is 57.0 Å². The maximum atomic E-state index is 13.4. The van der Waals surface area contributed by atoms with Crippen molar-refractivity contribution in [2.24, 2.45) is 7.05 Å². The van der Waals surface area contributed by atoms with Crippen molar-refractivity contribution in [2.75, 3.05) is 5.32 Å². The van der Waals surface area contributed by atoms with Crippen molar-refractivity contribution < 1.29 is 22.5 Å². The quantitative estimate of drug-likeness (QED) is 0.297. The largest absolute Gasteiger partial charge is 0.419 e. The molecule has 0 aromatic carbocycles. The Morgan fingerprint density at radius 3 is 2.63 bits per heavy atom. The SMILES string of the molecule is Cc1cc(Cn2c(=O)c3c(ncn3C(C)C(=O)Nc3cccc(-c4cnc(Cl)c(C(F)(F)F)c4)n3)n(C)c2=O)no1. The highest BCUT2D eigenvalue weighted by atomic mass is 35.5. The molecule has 212 valence electrons. The molecule has 5 aromatic heterocycles. The summed E-state index contributed by atoms with van der Waals surface area (Å²) >= 11 is 5.61. The van der Waals surface area contributed by atoms with E-state index in [0.717, 1.165) is 16.8 Å². The zero-order valence-corrected chi connectivity index (χ0v) is 22.4. The van der Waals surface area contributed by atoms with Gasteiger partial charge in [-0.05, 0) is 32.0 Å². The average molecular weight is 589 g/mol. The van der Waals surface area contributed by atoms with E-state index in [1.165, 1.54) is 47.6 Å². The third-order valence-electron chi connectivity index (χ3n) is 6.29. The lowest BCUT2D eigenvalue weighted by molar-refractivity contribution is -0.137. The minimum Gasteiger partial charge on any atom is -0.361 e. The Kier molecular flexibility index (Phi) is 6.98. The summed E-state index contributed by atoms with van der Waals surface area (Å²) in [6.45, 7) is 3.03. The van der Waals surface area contributed by atoms with Crippen molar-refractivity contribution >= 4 is 34.5 Å². The molecule has 0 aliphatic carbocycles.